The molecule has 0 amide bonds. The Bertz CT molecular complexity index is 1420. The Labute approximate surface area is 197 Å². The summed E-state index contributed by atoms with van der Waals surface area (Å²) in [5.74, 6) is 1.15. The lowest BCUT2D eigenvalue weighted by Crippen LogP contribution is -2.10. The summed E-state index contributed by atoms with van der Waals surface area (Å²) >= 11 is 0. The number of ether oxygens (including phenoxy) is 1. The van der Waals surface area contributed by atoms with E-state index in [1.54, 1.807) is 12.3 Å². The molecule has 8 heteroatoms. The van der Waals surface area contributed by atoms with Crippen LogP contribution in [0.5, 0.6) is 5.75 Å². The van der Waals surface area contributed by atoms with Crippen molar-refractivity contribution >= 4 is 5.82 Å². The summed E-state index contributed by atoms with van der Waals surface area (Å²) in [5, 5.41) is 9.70. The van der Waals surface area contributed by atoms with Gasteiger partial charge in [-0.1, -0.05) is 0 Å². The van der Waals surface area contributed by atoms with Crippen molar-refractivity contribution in [3.05, 3.63) is 65.0 Å². The van der Waals surface area contributed by atoms with Gasteiger partial charge in [-0.15, -0.1) is 0 Å². The second-order valence-corrected chi connectivity index (χ2v) is 9.49. The molecule has 1 atom stereocenters. The number of hydrogen-bond donors (Lipinski definition) is 1. The lowest BCUT2D eigenvalue weighted by Gasteiger charge is -2.21. The van der Waals surface area contributed by atoms with Crippen LogP contribution in [-0.2, 0) is 26.9 Å². The van der Waals surface area contributed by atoms with Gasteiger partial charge in [-0.2, -0.15) is 10.2 Å². The van der Waals surface area contributed by atoms with Crippen molar-refractivity contribution in [1.29, 1.82) is 0 Å². The fraction of sp³-hybridized carbons (Fsp3) is 0.346. The Morgan fingerprint density at radius 2 is 2.00 bits per heavy atom. The molecule has 1 saturated carbocycles. The van der Waals surface area contributed by atoms with Crippen molar-refractivity contribution in [2.45, 2.75) is 38.7 Å². The number of hydrogen-bond acceptors (Lipinski definition) is 5. The van der Waals surface area contributed by atoms with E-state index in [2.05, 4.69) is 4.98 Å². The molecule has 0 saturated heterocycles. The lowest BCUT2D eigenvalue weighted by molar-refractivity contribution is 0.227. The summed E-state index contributed by atoms with van der Waals surface area (Å²) in [6, 6.07) is 6.71. The molecule has 3 aromatic heterocycles. The zero-order chi connectivity index (χ0) is 23.6. The summed E-state index contributed by atoms with van der Waals surface area (Å²) < 4.78 is 24.4. The highest BCUT2D eigenvalue weighted by Crippen LogP contribution is 2.41. The molecule has 2 N–H and O–H groups in total. The number of pyridine rings is 1. The molecular weight excluding hydrogens is 431 g/mol. The predicted octanol–water partition coefficient (Wildman–Crippen LogP) is 4.60. The second-order valence-electron chi connectivity index (χ2n) is 9.49. The van der Waals surface area contributed by atoms with Crippen LogP contribution in [0.15, 0.2) is 36.7 Å². The van der Waals surface area contributed by atoms with E-state index in [0.29, 0.717) is 29.5 Å². The van der Waals surface area contributed by atoms with Gasteiger partial charge in [-0.3, -0.25) is 9.36 Å². The molecule has 1 fully saturated rings. The Morgan fingerprint density at radius 3 is 2.79 bits per heavy atom. The van der Waals surface area contributed by atoms with E-state index in [1.807, 2.05) is 42.6 Å². The van der Waals surface area contributed by atoms with Crippen molar-refractivity contribution in [1.82, 2.24) is 24.5 Å². The molecule has 7 nitrogen and oxygen atoms in total. The molecule has 174 valence electrons. The van der Waals surface area contributed by atoms with Crippen molar-refractivity contribution in [2.75, 3.05) is 5.73 Å². The Hall–Kier alpha value is -3.68. The van der Waals surface area contributed by atoms with E-state index in [4.69, 9.17) is 20.7 Å². The molecule has 0 spiro atoms. The van der Waals surface area contributed by atoms with Crippen LogP contribution < -0.4 is 10.5 Å². The highest BCUT2D eigenvalue weighted by atomic mass is 19.1. The van der Waals surface area contributed by atoms with Crippen LogP contribution in [-0.4, -0.2) is 24.5 Å². The van der Waals surface area contributed by atoms with Crippen LogP contribution >= 0.6 is 0 Å². The third-order valence-electron chi connectivity index (χ3n) is 6.86. The highest BCUT2D eigenvalue weighted by Gasteiger charge is 2.29. The maximum atomic E-state index is 14.3. The number of rotatable bonds is 2. The van der Waals surface area contributed by atoms with Gasteiger partial charge >= 0.3 is 0 Å². The summed E-state index contributed by atoms with van der Waals surface area (Å²) in [6.07, 6.45) is 7.45. The molecule has 2 bridgehead atoms. The molecule has 4 heterocycles. The van der Waals surface area contributed by atoms with E-state index in [-0.39, 0.29) is 5.82 Å². The average Bonchev–Trinajstić information content (AvgIpc) is 3.46. The van der Waals surface area contributed by atoms with Gasteiger partial charge in [-0.05, 0) is 56.4 Å². The second kappa shape index (κ2) is 7.68. The number of fused-ring (bicyclic) bond motifs is 7. The fourth-order valence-electron chi connectivity index (χ4n) is 4.99. The number of aromatic nitrogens is 5. The van der Waals surface area contributed by atoms with E-state index in [9.17, 15) is 4.39 Å². The number of halogens is 1. The summed E-state index contributed by atoms with van der Waals surface area (Å²) in [5.41, 5.74) is 13.8. The van der Waals surface area contributed by atoms with Crippen LogP contribution in [0.25, 0.3) is 22.4 Å². The largest absolute Gasteiger partial charge is 0.482 e. The third kappa shape index (κ3) is 3.54. The van der Waals surface area contributed by atoms with E-state index in [1.165, 1.54) is 25.0 Å². The van der Waals surface area contributed by atoms with Crippen molar-refractivity contribution < 1.29 is 9.13 Å². The number of anilines is 1. The smallest absolute Gasteiger partial charge is 0.166 e. The van der Waals surface area contributed by atoms with Crippen LogP contribution in [0.1, 0.15) is 48.4 Å². The van der Waals surface area contributed by atoms with Gasteiger partial charge in [0.05, 0.1) is 17.1 Å². The van der Waals surface area contributed by atoms with Gasteiger partial charge in [0.25, 0.3) is 0 Å². The minimum absolute atomic E-state index is 0.304. The number of nitrogens with zero attached hydrogens (tertiary/aromatic N) is 5. The minimum atomic E-state index is -0.460. The zero-order valence-electron chi connectivity index (χ0n) is 19.5. The first-order valence-electron chi connectivity index (χ1n) is 11.7. The van der Waals surface area contributed by atoms with E-state index in [0.717, 1.165) is 45.8 Å². The summed E-state index contributed by atoms with van der Waals surface area (Å²) in [7, 11) is 3.90. The molecule has 4 aromatic rings. The van der Waals surface area contributed by atoms with Gasteiger partial charge < -0.3 is 10.5 Å². The molecule has 1 aromatic carbocycles. The van der Waals surface area contributed by atoms with Crippen molar-refractivity contribution in [3.63, 3.8) is 0 Å². The maximum absolute atomic E-state index is 14.3. The predicted molar refractivity (Wildman–Crippen MR) is 128 cm³/mol. The monoisotopic (exact) mass is 458 g/mol. The van der Waals surface area contributed by atoms with Gasteiger partial charge in [-0.25, -0.2) is 9.37 Å². The number of benzene rings is 1. The molecule has 1 aliphatic heterocycles. The van der Waals surface area contributed by atoms with Gasteiger partial charge in [0.2, 0.25) is 0 Å². The summed E-state index contributed by atoms with van der Waals surface area (Å²) in [6.45, 7) is 1.90. The topological polar surface area (TPSA) is 83.8 Å². The SMILES string of the molecule is C[C@H]1Oc2cc(cnc2N)-c2c(CC3CC3)nn(C)c2Cc2cn(C)nc2-c2ccc(F)cc21. The highest BCUT2D eigenvalue weighted by molar-refractivity contribution is 5.74. The van der Waals surface area contributed by atoms with E-state index >= 15 is 0 Å². The van der Waals surface area contributed by atoms with Crippen LogP contribution in [0.4, 0.5) is 10.2 Å². The molecule has 0 unspecified atom stereocenters. The van der Waals surface area contributed by atoms with E-state index < -0.39 is 6.10 Å². The standard InChI is InChI=1S/C26H27FN6O/c1-14-20-11-18(27)6-7-19(20)25-17(13-32(2)31-25)9-22-24(16-10-23(34-14)26(28)29-12-16)21(30-33(22)3)8-15-4-5-15/h6-7,10-15H,4-5,8-9H2,1-3H3,(H2,28,29)/t14-/m1/s1. The summed E-state index contributed by atoms with van der Waals surface area (Å²) in [4.78, 5) is 4.45. The first-order chi connectivity index (χ1) is 16.4. The van der Waals surface area contributed by atoms with Crippen molar-refractivity contribution in [2.24, 2.45) is 20.0 Å². The zero-order valence-corrected chi connectivity index (χ0v) is 19.5. The average molecular weight is 459 g/mol. The lowest BCUT2D eigenvalue weighted by atomic mass is 9.93. The number of nitrogens with two attached hydrogens (primary N) is 1. The van der Waals surface area contributed by atoms with Gasteiger partial charge in [0.1, 0.15) is 11.9 Å². The molecule has 6 rings (SSSR count). The van der Waals surface area contributed by atoms with Crippen molar-refractivity contribution in [3.8, 4) is 28.1 Å². The number of aryl methyl sites for hydroxylation is 2. The molecule has 2 aliphatic rings. The fourth-order valence-corrected chi connectivity index (χ4v) is 4.99. The van der Waals surface area contributed by atoms with Crippen LogP contribution in [0.2, 0.25) is 0 Å². The number of nitrogen functional groups attached to an aromatic ring is 1. The molecule has 0 radical (unpaired) electrons. The van der Waals surface area contributed by atoms with Gasteiger partial charge in [0.15, 0.2) is 11.6 Å². The molecular formula is C26H27FN6O. The van der Waals surface area contributed by atoms with Gasteiger partial charge in [0, 0.05) is 60.7 Å². The molecule has 34 heavy (non-hydrogen) atoms. The minimum Gasteiger partial charge on any atom is -0.482 e. The maximum Gasteiger partial charge on any atom is 0.166 e. The molecule has 1 aliphatic carbocycles. The third-order valence-corrected chi connectivity index (χ3v) is 6.86. The normalized spacial score (nSPS) is 17.1. The Morgan fingerprint density at radius 1 is 1.18 bits per heavy atom. The first kappa shape index (κ1) is 20.9. The Kier molecular flexibility index (Phi) is 4.72. The quantitative estimate of drug-likeness (QED) is 0.475. The first-order valence-corrected chi connectivity index (χ1v) is 11.7. The van der Waals surface area contributed by atoms with Crippen LogP contribution in [0, 0.1) is 11.7 Å². The van der Waals surface area contributed by atoms with Crippen LogP contribution in [0.3, 0.4) is 0 Å². The Balaban J connectivity index is 1.62.